The van der Waals surface area contributed by atoms with Gasteiger partial charge in [-0.15, -0.1) is 0 Å². The Morgan fingerprint density at radius 1 is 1.00 bits per heavy atom. The number of benzene rings is 3. The van der Waals surface area contributed by atoms with Crippen LogP contribution in [0.1, 0.15) is 47.2 Å². The van der Waals surface area contributed by atoms with Gasteiger partial charge in [0.2, 0.25) is 5.91 Å². The second-order valence-corrected chi connectivity index (χ2v) is 9.17. The van der Waals surface area contributed by atoms with Crippen molar-refractivity contribution >= 4 is 22.8 Å². The number of para-hydroxylation sites is 2. The molecule has 0 saturated heterocycles. The molecule has 6 nitrogen and oxygen atoms in total. The summed E-state index contributed by atoms with van der Waals surface area (Å²) >= 11 is 0. The van der Waals surface area contributed by atoms with Crippen molar-refractivity contribution in [3.8, 4) is 0 Å². The van der Waals surface area contributed by atoms with Crippen LogP contribution in [0.2, 0.25) is 0 Å². The molecule has 0 spiro atoms. The standard InChI is InChI=1S/C28H28N4O2/c1-18(2)25(32-17-20-12-6-7-13-21(20)28(32)34)27(33)31-24(16-19-10-4-3-5-11-19)26-29-22-14-8-9-15-23(22)30-26/h3-15,18,24-25H,16-17H2,1-2H3,(H,29,30)(H,31,33)/t24-,25-/m1/s1. The molecule has 0 aliphatic carbocycles. The molecule has 3 aromatic carbocycles. The van der Waals surface area contributed by atoms with E-state index in [1.807, 2.05) is 92.7 Å². The lowest BCUT2D eigenvalue weighted by Gasteiger charge is -2.31. The number of rotatable bonds is 7. The molecule has 172 valence electrons. The van der Waals surface area contributed by atoms with Crippen LogP contribution < -0.4 is 5.32 Å². The number of aromatic amines is 1. The topological polar surface area (TPSA) is 78.1 Å². The summed E-state index contributed by atoms with van der Waals surface area (Å²) in [6, 6.07) is 24.5. The van der Waals surface area contributed by atoms with Crippen LogP contribution >= 0.6 is 0 Å². The van der Waals surface area contributed by atoms with Gasteiger partial charge in [-0.1, -0.05) is 74.5 Å². The lowest BCUT2D eigenvalue weighted by Crippen LogP contribution is -2.51. The fourth-order valence-corrected chi connectivity index (χ4v) is 4.77. The minimum absolute atomic E-state index is 0.0497. The molecule has 6 heteroatoms. The molecule has 1 aliphatic heterocycles. The number of fused-ring (bicyclic) bond motifs is 2. The molecule has 0 unspecified atom stereocenters. The third-order valence-electron chi connectivity index (χ3n) is 6.42. The highest BCUT2D eigenvalue weighted by Crippen LogP contribution is 2.28. The summed E-state index contributed by atoms with van der Waals surface area (Å²) < 4.78 is 0. The summed E-state index contributed by atoms with van der Waals surface area (Å²) in [7, 11) is 0. The van der Waals surface area contributed by atoms with E-state index < -0.39 is 6.04 Å². The number of imidazole rings is 1. The Balaban J connectivity index is 1.44. The van der Waals surface area contributed by atoms with E-state index in [2.05, 4.69) is 10.3 Å². The maximum atomic E-state index is 13.7. The second kappa shape index (κ2) is 9.14. The van der Waals surface area contributed by atoms with E-state index in [4.69, 9.17) is 4.98 Å². The van der Waals surface area contributed by atoms with Gasteiger partial charge in [-0.3, -0.25) is 9.59 Å². The summed E-state index contributed by atoms with van der Waals surface area (Å²) in [5.74, 6) is 0.397. The van der Waals surface area contributed by atoms with Crippen LogP contribution in [0.25, 0.3) is 11.0 Å². The van der Waals surface area contributed by atoms with Gasteiger partial charge in [-0.25, -0.2) is 4.98 Å². The van der Waals surface area contributed by atoms with Crippen molar-refractivity contribution in [2.24, 2.45) is 5.92 Å². The van der Waals surface area contributed by atoms with Crippen LogP contribution in [0, 0.1) is 5.92 Å². The zero-order valence-corrected chi connectivity index (χ0v) is 19.4. The van der Waals surface area contributed by atoms with Crippen LogP contribution in [0.4, 0.5) is 0 Å². The molecule has 1 aliphatic rings. The van der Waals surface area contributed by atoms with Crippen molar-refractivity contribution in [3.05, 3.63) is 101 Å². The highest BCUT2D eigenvalue weighted by Gasteiger charge is 2.38. The fourth-order valence-electron chi connectivity index (χ4n) is 4.77. The number of aromatic nitrogens is 2. The summed E-state index contributed by atoms with van der Waals surface area (Å²) in [6.45, 7) is 4.40. The molecule has 2 heterocycles. The lowest BCUT2D eigenvalue weighted by molar-refractivity contribution is -0.128. The summed E-state index contributed by atoms with van der Waals surface area (Å²) in [4.78, 5) is 36.7. The quantitative estimate of drug-likeness (QED) is 0.429. The van der Waals surface area contributed by atoms with Crippen LogP contribution in [-0.2, 0) is 17.8 Å². The zero-order chi connectivity index (χ0) is 23.7. The molecule has 34 heavy (non-hydrogen) atoms. The van der Waals surface area contributed by atoms with Crippen molar-refractivity contribution in [2.45, 2.75) is 38.9 Å². The fraction of sp³-hybridized carbons (Fsp3) is 0.250. The van der Waals surface area contributed by atoms with Crippen LogP contribution in [-0.4, -0.2) is 32.7 Å². The Labute approximate surface area is 199 Å². The van der Waals surface area contributed by atoms with Gasteiger partial charge in [0.25, 0.3) is 5.91 Å². The van der Waals surface area contributed by atoms with E-state index in [0.717, 1.165) is 22.2 Å². The Morgan fingerprint density at radius 3 is 2.44 bits per heavy atom. The van der Waals surface area contributed by atoms with Crippen LogP contribution in [0.5, 0.6) is 0 Å². The molecule has 2 atom stereocenters. The predicted molar refractivity (Wildman–Crippen MR) is 132 cm³/mol. The molecule has 2 N–H and O–H groups in total. The zero-order valence-electron chi connectivity index (χ0n) is 19.4. The second-order valence-electron chi connectivity index (χ2n) is 9.17. The smallest absolute Gasteiger partial charge is 0.255 e. The summed E-state index contributed by atoms with van der Waals surface area (Å²) in [5, 5.41) is 3.22. The third-order valence-corrected chi connectivity index (χ3v) is 6.42. The van der Waals surface area contributed by atoms with Crippen molar-refractivity contribution in [1.82, 2.24) is 20.2 Å². The van der Waals surface area contributed by atoms with Gasteiger partial charge in [0.1, 0.15) is 11.9 Å². The number of carbonyl (C=O) groups is 2. The SMILES string of the molecule is CC(C)[C@H](C(=O)N[C@H](Cc1ccccc1)c1nc2ccccc2[nH]1)N1Cc2ccccc2C1=O. The molecule has 1 aromatic heterocycles. The van der Waals surface area contributed by atoms with Gasteiger partial charge in [-0.05, 0) is 41.7 Å². The van der Waals surface area contributed by atoms with E-state index in [1.165, 1.54) is 0 Å². The van der Waals surface area contributed by atoms with E-state index in [9.17, 15) is 9.59 Å². The molecule has 0 saturated carbocycles. The number of hydrogen-bond acceptors (Lipinski definition) is 3. The monoisotopic (exact) mass is 452 g/mol. The minimum atomic E-state index is -0.581. The van der Waals surface area contributed by atoms with Gasteiger partial charge in [0, 0.05) is 12.1 Å². The summed E-state index contributed by atoms with van der Waals surface area (Å²) in [6.07, 6.45) is 0.589. The average Bonchev–Trinajstić information content (AvgIpc) is 3.41. The maximum absolute atomic E-state index is 13.7. The first-order chi connectivity index (χ1) is 16.5. The molecule has 0 bridgehead atoms. The molecule has 4 aromatic rings. The van der Waals surface area contributed by atoms with E-state index in [-0.39, 0.29) is 23.8 Å². The Hall–Kier alpha value is -3.93. The Kier molecular flexibility index (Phi) is 5.88. The number of nitrogens with one attached hydrogen (secondary N) is 2. The highest BCUT2D eigenvalue weighted by atomic mass is 16.2. The first kappa shape index (κ1) is 21.9. The molecular formula is C28H28N4O2. The van der Waals surface area contributed by atoms with Crippen molar-refractivity contribution in [3.63, 3.8) is 0 Å². The number of amides is 2. The minimum Gasteiger partial charge on any atom is -0.344 e. The number of hydrogen-bond donors (Lipinski definition) is 2. The van der Waals surface area contributed by atoms with Crippen molar-refractivity contribution < 1.29 is 9.59 Å². The predicted octanol–water partition coefficient (Wildman–Crippen LogP) is 4.64. The van der Waals surface area contributed by atoms with Crippen molar-refractivity contribution in [2.75, 3.05) is 0 Å². The van der Waals surface area contributed by atoms with Gasteiger partial charge < -0.3 is 15.2 Å². The highest BCUT2D eigenvalue weighted by molar-refractivity contribution is 6.01. The molecule has 2 amide bonds. The van der Waals surface area contributed by atoms with E-state index >= 15 is 0 Å². The normalized spacial score (nSPS) is 14.9. The van der Waals surface area contributed by atoms with Crippen LogP contribution in [0.3, 0.4) is 0 Å². The van der Waals surface area contributed by atoms with Crippen molar-refractivity contribution in [1.29, 1.82) is 0 Å². The van der Waals surface area contributed by atoms with E-state index in [0.29, 0.717) is 24.4 Å². The molecular weight excluding hydrogens is 424 g/mol. The van der Waals surface area contributed by atoms with Gasteiger partial charge in [0.05, 0.1) is 17.1 Å². The third kappa shape index (κ3) is 4.19. The van der Waals surface area contributed by atoms with E-state index in [1.54, 1.807) is 4.90 Å². The maximum Gasteiger partial charge on any atom is 0.255 e. The molecule has 5 rings (SSSR count). The Bertz CT molecular complexity index is 1300. The van der Waals surface area contributed by atoms with Gasteiger partial charge in [0.15, 0.2) is 0 Å². The van der Waals surface area contributed by atoms with Gasteiger partial charge >= 0.3 is 0 Å². The number of H-pyrrole nitrogens is 1. The molecule has 0 radical (unpaired) electrons. The first-order valence-corrected chi connectivity index (χ1v) is 11.7. The number of nitrogens with zero attached hydrogens (tertiary/aromatic N) is 2. The number of carbonyl (C=O) groups excluding carboxylic acids is 2. The lowest BCUT2D eigenvalue weighted by atomic mass is 9.99. The Morgan fingerprint density at radius 2 is 1.71 bits per heavy atom. The van der Waals surface area contributed by atoms with Crippen LogP contribution in [0.15, 0.2) is 78.9 Å². The largest absolute Gasteiger partial charge is 0.344 e. The van der Waals surface area contributed by atoms with Gasteiger partial charge in [-0.2, -0.15) is 0 Å². The molecule has 0 fully saturated rings. The first-order valence-electron chi connectivity index (χ1n) is 11.7. The average molecular weight is 453 g/mol. The summed E-state index contributed by atoms with van der Waals surface area (Å²) in [5.41, 5.74) is 4.52.